The first kappa shape index (κ1) is 10.9. The highest BCUT2D eigenvalue weighted by Crippen LogP contribution is 2.31. The Bertz CT molecular complexity index is 541. The molecule has 16 heavy (non-hydrogen) atoms. The van der Waals surface area contributed by atoms with Gasteiger partial charge in [0.15, 0.2) is 0 Å². The molecule has 2 aromatic rings. The van der Waals surface area contributed by atoms with Gasteiger partial charge in [0.05, 0.1) is 5.69 Å². The second kappa shape index (κ2) is 3.44. The Morgan fingerprint density at radius 1 is 1.25 bits per heavy atom. The van der Waals surface area contributed by atoms with E-state index >= 15 is 0 Å². The normalized spacial score (nSPS) is 12.0. The standard InChI is InChI=1S/C13H15FN2/c1-13(2,3)12-11-8(7-10(15)16-12)5-4-6-9(11)14/h4-7H,1-3H3,(H2,15,16). The molecule has 0 aliphatic rings. The monoisotopic (exact) mass is 218 g/mol. The highest BCUT2D eigenvalue weighted by atomic mass is 19.1. The topological polar surface area (TPSA) is 38.9 Å². The van der Waals surface area contributed by atoms with Gasteiger partial charge in [-0.3, -0.25) is 0 Å². The molecule has 0 bridgehead atoms. The number of halogens is 1. The summed E-state index contributed by atoms with van der Waals surface area (Å²) in [5, 5.41) is 1.38. The Morgan fingerprint density at radius 2 is 1.94 bits per heavy atom. The van der Waals surface area contributed by atoms with Crippen LogP contribution in [0.4, 0.5) is 10.2 Å². The average Bonchev–Trinajstić information content (AvgIpc) is 2.15. The Labute approximate surface area is 94.3 Å². The van der Waals surface area contributed by atoms with Crippen LogP contribution in [0.1, 0.15) is 26.5 Å². The highest BCUT2D eigenvalue weighted by molar-refractivity contribution is 5.87. The zero-order valence-corrected chi connectivity index (χ0v) is 9.71. The lowest BCUT2D eigenvalue weighted by Gasteiger charge is -2.20. The van der Waals surface area contributed by atoms with Gasteiger partial charge in [-0.05, 0) is 17.5 Å². The highest BCUT2D eigenvalue weighted by Gasteiger charge is 2.21. The smallest absolute Gasteiger partial charge is 0.132 e. The number of rotatable bonds is 0. The molecule has 2 nitrogen and oxygen atoms in total. The van der Waals surface area contributed by atoms with Gasteiger partial charge in [0, 0.05) is 10.8 Å². The summed E-state index contributed by atoms with van der Waals surface area (Å²) in [4.78, 5) is 4.27. The van der Waals surface area contributed by atoms with Gasteiger partial charge >= 0.3 is 0 Å². The minimum atomic E-state index is -0.241. The second-order valence-electron chi connectivity index (χ2n) is 4.98. The summed E-state index contributed by atoms with van der Waals surface area (Å²) in [6.45, 7) is 6.00. The second-order valence-corrected chi connectivity index (χ2v) is 4.98. The van der Waals surface area contributed by atoms with Crippen molar-refractivity contribution in [3.05, 3.63) is 35.8 Å². The fraction of sp³-hybridized carbons (Fsp3) is 0.308. The van der Waals surface area contributed by atoms with E-state index in [-0.39, 0.29) is 11.2 Å². The lowest BCUT2D eigenvalue weighted by atomic mass is 9.88. The lowest BCUT2D eigenvalue weighted by Crippen LogP contribution is -2.15. The van der Waals surface area contributed by atoms with Crippen LogP contribution in [0.15, 0.2) is 24.3 Å². The molecule has 0 aliphatic heterocycles. The summed E-state index contributed by atoms with van der Waals surface area (Å²) < 4.78 is 13.8. The van der Waals surface area contributed by atoms with E-state index in [4.69, 9.17) is 5.73 Å². The van der Waals surface area contributed by atoms with Gasteiger partial charge in [-0.25, -0.2) is 9.37 Å². The fourth-order valence-corrected chi connectivity index (χ4v) is 1.83. The number of pyridine rings is 1. The van der Waals surface area contributed by atoms with Crippen LogP contribution in [-0.2, 0) is 5.41 Å². The molecule has 1 aromatic heterocycles. The number of nitrogen functional groups attached to an aromatic ring is 1. The van der Waals surface area contributed by atoms with E-state index in [1.54, 1.807) is 12.1 Å². The van der Waals surface area contributed by atoms with Crippen molar-refractivity contribution in [1.82, 2.24) is 4.98 Å². The molecule has 0 amide bonds. The summed E-state index contributed by atoms with van der Waals surface area (Å²) >= 11 is 0. The van der Waals surface area contributed by atoms with Gasteiger partial charge in [-0.1, -0.05) is 32.9 Å². The van der Waals surface area contributed by atoms with E-state index in [0.717, 1.165) is 5.39 Å². The minimum Gasteiger partial charge on any atom is -0.384 e. The largest absolute Gasteiger partial charge is 0.384 e. The van der Waals surface area contributed by atoms with E-state index in [1.165, 1.54) is 6.07 Å². The zero-order valence-electron chi connectivity index (χ0n) is 9.71. The third-order valence-corrected chi connectivity index (χ3v) is 2.54. The van der Waals surface area contributed by atoms with Crippen molar-refractivity contribution < 1.29 is 4.39 Å². The van der Waals surface area contributed by atoms with Crippen molar-refractivity contribution in [3.8, 4) is 0 Å². The number of fused-ring (bicyclic) bond motifs is 1. The van der Waals surface area contributed by atoms with Crippen molar-refractivity contribution in [2.24, 2.45) is 0 Å². The molecule has 84 valence electrons. The maximum absolute atomic E-state index is 13.8. The van der Waals surface area contributed by atoms with Crippen LogP contribution < -0.4 is 5.73 Å². The van der Waals surface area contributed by atoms with E-state index in [2.05, 4.69) is 4.98 Å². The number of aromatic nitrogens is 1. The first-order valence-electron chi connectivity index (χ1n) is 5.25. The minimum absolute atomic E-state index is 0.226. The maximum atomic E-state index is 13.8. The van der Waals surface area contributed by atoms with Crippen LogP contribution in [0.2, 0.25) is 0 Å². The van der Waals surface area contributed by atoms with Crippen LogP contribution in [0.5, 0.6) is 0 Å². The first-order valence-corrected chi connectivity index (χ1v) is 5.25. The molecular formula is C13H15FN2. The van der Waals surface area contributed by atoms with Gasteiger partial charge in [-0.2, -0.15) is 0 Å². The van der Waals surface area contributed by atoms with E-state index in [9.17, 15) is 4.39 Å². The molecule has 3 heteroatoms. The molecule has 0 saturated heterocycles. The number of hydrogen-bond donors (Lipinski definition) is 1. The predicted octanol–water partition coefficient (Wildman–Crippen LogP) is 3.25. The predicted molar refractivity (Wildman–Crippen MR) is 64.8 cm³/mol. The van der Waals surface area contributed by atoms with Crippen LogP contribution in [0.3, 0.4) is 0 Å². The van der Waals surface area contributed by atoms with Gasteiger partial charge in [0.1, 0.15) is 11.6 Å². The van der Waals surface area contributed by atoms with Gasteiger partial charge < -0.3 is 5.73 Å². The molecule has 0 fully saturated rings. The Balaban J connectivity index is 2.91. The summed E-state index contributed by atoms with van der Waals surface area (Å²) in [7, 11) is 0. The molecule has 0 saturated carbocycles. The molecule has 1 aromatic carbocycles. The van der Waals surface area contributed by atoms with Gasteiger partial charge in [-0.15, -0.1) is 0 Å². The van der Waals surface area contributed by atoms with Crippen molar-refractivity contribution in [1.29, 1.82) is 0 Å². The molecule has 0 unspecified atom stereocenters. The number of nitrogens with zero attached hydrogens (tertiary/aromatic N) is 1. The lowest BCUT2D eigenvalue weighted by molar-refractivity contribution is 0.568. The van der Waals surface area contributed by atoms with E-state index < -0.39 is 0 Å². The summed E-state index contributed by atoms with van der Waals surface area (Å²) in [5.74, 6) is 0.193. The molecule has 0 radical (unpaired) electrons. The third-order valence-electron chi connectivity index (χ3n) is 2.54. The van der Waals surface area contributed by atoms with E-state index in [1.807, 2.05) is 26.8 Å². The molecule has 1 heterocycles. The van der Waals surface area contributed by atoms with Gasteiger partial charge in [0.2, 0.25) is 0 Å². The molecule has 0 spiro atoms. The number of nitrogens with two attached hydrogens (primary N) is 1. The Morgan fingerprint density at radius 3 is 2.56 bits per heavy atom. The van der Waals surface area contributed by atoms with Crippen molar-refractivity contribution in [2.75, 3.05) is 5.73 Å². The summed E-state index contributed by atoms with van der Waals surface area (Å²) in [6, 6.07) is 6.69. The van der Waals surface area contributed by atoms with Crippen LogP contribution >= 0.6 is 0 Å². The summed E-state index contributed by atoms with van der Waals surface area (Å²) in [5.41, 5.74) is 6.22. The van der Waals surface area contributed by atoms with Crippen LogP contribution in [0.25, 0.3) is 10.8 Å². The van der Waals surface area contributed by atoms with Crippen LogP contribution in [-0.4, -0.2) is 4.98 Å². The number of hydrogen-bond acceptors (Lipinski definition) is 2. The number of benzene rings is 1. The molecule has 0 aliphatic carbocycles. The third kappa shape index (κ3) is 1.73. The number of anilines is 1. The molecular weight excluding hydrogens is 203 g/mol. The maximum Gasteiger partial charge on any atom is 0.132 e. The fourth-order valence-electron chi connectivity index (χ4n) is 1.83. The quantitative estimate of drug-likeness (QED) is 0.737. The molecule has 2 rings (SSSR count). The molecule has 0 atom stereocenters. The Hall–Kier alpha value is -1.64. The van der Waals surface area contributed by atoms with E-state index in [0.29, 0.717) is 16.9 Å². The first-order chi connectivity index (χ1) is 7.39. The molecule has 2 N–H and O–H groups in total. The van der Waals surface area contributed by atoms with Crippen molar-refractivity contribution >= 4 is 16.6 Å². The Kier molecular flexibility index (Phi) is 2.34. The zero-order chi connectivity index (χ0) is 11.9. The summed E-state index contributed by atoms with van der Waals surface area (Å²) in [6.07, 6.45) is 0. The van der Waals surface area contributed by atoms with Crippen molar-refractivity contribution in [3.63, 3.8) is 0 Å². The average molecular weight is 218 g/mol. The van der Waals surface area contributed by atoms with Crippen LogP contribution in [0, 0.1) is 5.82 Å². The SMILES string of the molecule is CC(C)(C)c1nc(N)cc2cccc(F)c12. The van der Waals surface area contributed by atoms with Crippen molar-refractivity contribution in [2.45, 2.75) is 26.2 Å². The van der Waals surface area contributed by atoms with Gasteiger partial charge in [0.25, 0.3) is 0 Å².